The van der Waals surface area contributed by atoms with Gasteiger partial charge in [-0.05, 0) is 45.2 Å². The van der Waals surface area contributed by atoms with Gasteiger partial charge in [-0.25, -0.2) is 0 Å². The largest absolute Gasteiger partial charge is 0.287 e. The molecule has 0 aromatic heterocycles. The third kappa shape index (κ3) is 4.38. The first-order valence-corrected chi connectivity index (χ1v) is 8.22. The zero-order chi connectivity index (χ0) is 16.4. The molecule has 2 atom stereocenters. The third-order valence-corrected chi connectivity index (χ3v) is 4.04. The number of hydrogen-bond acceptors (Lipinski definition) is 2. The van der Waals surface area contributed by atoms with Gasteiger partial charge in [0.25, 0.3) is 0 Å². The zero-order valence-corrected chi connectivity index (χ0v) is 14.4. The van der Waals surface area contributed by atoms with Crippen molar-refractivity contribution in [3.8, 4) is 0 Å². The minimum absolute atomic E-state index is 0.345. The monoisotopic (exact) mass is 304 g/mol. The highest BCUT2D eigenvalue weighted by molar-refractivity contribution is 5.81. The summed E-state index contributed by atoms with van der Waals surface area (Å²) < 4.78 is 0. The minimum Gasteiger partial charge on any atom is -0.287 e. The summed E-state index contributed by atoms with van der Waals surface area (Å²) in [5.41, 5.74) is 7.51. The molecule has 0 spiro atoms. The van der Waals surface area contributed by atoms with Crippen LogP contribution in [0.3, 0.4) is 0 Å². The Bertz CT molecular complexity index is 665. The first-order chi connectivity index (χ1) is 11.0. The molecule has 2 aromatic carbocycles. The lowest BCUT2D eigenvalue weighted by Crippen LogP contribution is -1.92. The molecule has 1 aliphatic rings. The third-order valence-electron chi connectivity index (χ3n) is 4.04. The van der Waals surface area contributed by atoms with Crippen molar-refractivity contribution in [2.24, 2.45) is 9.98 Å². The van der Waals surface area contributed by atoms with Crippen molar-refractivity contribution in [1.82, 2.24) is 0 Å². The van der Waals surface area contributed by atoms with E-state index in [0.717, 1.165) is 6.42 Å². The molecule has 0 bridgehead atoms. The van der Waals surface area contributed by atoms with Crippen molar-refractivity contribution in [3.63, 3.8) is 0 Å². The van der Waals surface area contributed by atoms with Crippen molar-refractivity contribution >= 4 is 12.4 Å². The second kappa shape index (κ2) is 6.49. The van der Waals surface area contributed by atoms with E-state index in [0.29, 0.717) is 12.1 Å². The molecule has 3 rings (SSSR count). The van der Waals surface area contributed by atoms with Crippen LogP contribution in [0.25, 0.3) is 0 Å². The minimum atomic E-state index is 0.345. The van der Waals surface area contributed by atoms with Gasteiger partial charge in [-0.2, -0.15) is 0 Å². The van der Waals surface area contributed by atoms with E-state index in [9.17, 15) is 0 Å². The van der Waals surface area contributed by atoms with Gasteiger partial charge in [-0.3, -0.25) is 9.98 Å². The van der Waals surface area contributed by atoms with E-state index < -0.39 is 0 Å². The van der Waals surface area contributed by atoms with E-state index in [-0.39, 0.29) is 0 Å². The van der Waals surface area contributed by atoms with Gasteiger partial charge in [0, 0.05) is 12.4 Å². The van der Waals surface area contributed by atoms with Gasteiger partial charge in [0.1, 0.15) is 0 Å². The number of rotatable bonds is 4. The van der Waals surface area contributed by atoms with Crippen LogP contribution in [0, 0.1) is 27.7 Å². The van der Waals surface area contributed by atoms with Gasteiger partial charge in [0.2, 0.25) is 0 Å². The van der Waals surface area contributed by atoms with E-state index in [1.54, 1.807) is 0 Å². The summed E-state index contributed by atoms with van der Waals surface area (Å²) in [5.74, 6) is 0. The van der Waals surface area contributed by atoms with Gasteiger partial charge in [0.15, 0.2) is 0 Å². The molecule has 2 aromatic rings. The summed E-state index contributed by atoms with van der Waals surface area (Å²) in [5, 5.41) is 0. The quantitative estimate of drug-likeness (QED) is 0.738. The summed E-state index contributed by atoms with van der Waals surface area (Å²) in [6, 6.07) is 13.8. The number of aliphatic imine (C=N–C) groups is 2. The molecule has 0 unspecified atom stereocenters. The second-order valence-electron chi connectivity index (χ2n) is 6.77. The fourth-order valence-corrected chi connectivity index (χ4v) is 3.02. The summed E-state index contributed by atoms with van der Waals surface area (Å²) in [4.78, 5) is 9.36. The molecular weight excluding hydrogens is 280 g/mol. The molecule has 0 amide bonds. The van der Waals surface area contributed by atoms with Gasteiger partial charge in [-0.1, -0.05) is 58.7 Å². The molecular formula is C21H24N2. The first kappa shape index (κ1) is 15.7. The van der Waals surface area contributed by atoms with E-state index >= 15 is 0 Å². The highest BCUT2D eigenvalue weighted by Gasteiger charge is 2.35. The second-order valence-corrected chi connectivity index (χ2v) is 6.77. The molecule has 1 saturated carbocycles. The van der Waals surface area contributed by atoms with Gasteiger partial charge in [0.05, 0.1) is 12.1 Å². The van der Waals surface area contributed by atoms with Crippen molar-refractivity contribution in [2.75, 3.05) is 0 Å². The average Bonchev–Trinajstić information content (AvgIpc) is 3.19. The van der Waals surface area contributed by atoms with Crippen molar-refractivity contribution < 1.29 is 0 Å². The zero-order valence-electron chi connectivity index (χ0n) is 14.4. The lowest BCUT2D eigenvalue weighted by molar-refractivity contribution is 0.971. The van der Waals surface area contributed by atoms with Crippen LogP contribution in [-0.4, -0.2) is 24.5 Å². The maximum Gasteiger partial charge on any atom is 0.0745 e. The Labute approximate surface area is 139 Å². The Morgan fingerprint density at radius 3 is 1.35 bits per heavy atom. The van der Waals surface area contributed by atoms with Crippen LogP contribution in [-0.2, 0) is 0 Å². The number of hydrogen-bond donors (Lipinski definition) is 0. The smallest absolute Gasteiger partial charge is 0.0745 e. The summed E-state index contributed by atoms with van der Waals surface area (Å²) in [7, 11) is 0. The van der Waals surface area contributed by atoms with Crippen LogP contribution in [0.1, 0.15) is 39.8 Å². The van der Waals surface area contributed by atoms with E-state index in [2.05, 4.69) is 74.1 Å². The van der Waals surface area contributed by atoms with Crippen molar-refractivity contribution in [3.05, 3.63) is 69.8 Å². The molecule has 118 valence electrons. The predicted octanol–water partition coefficient (Wildman–Crippen LogP) is 4.60. The highest BCUT2D eigenvalue weighted by Crippen LogP contribution is 2.29. The van der Waals surface area contributed by atoms with Gasteiger partial charge < -0.3 is 0 Å². The van der Waals surface area contributed by atoms with E-state index in [1.165, 1.54) is 33.4 Å². The van der Waals surface area contributed by atoms with Crippen LogP contribution >= 0.6 is 0 Å². The number of benzene rings is 2. The van der Waals surface area contributed by atoms with E-state index in [4.69, 9.17) is 0 Å². The summed E-state index contributed by atoms with van der Waals surface area (Å²) >= 11 is 0. The van der Waals surface area contributed by atoms with Crippen LogP contribution in [0.2, 0.25) is 0 Å². The van der Waals surface area contributed by atoms with Gasteiger partial charge in [-0.15, -0.1) is 0 Å². The standard InChI is InChI=1S/C21H24N2/c1-14-5-15(2)8-18(7-14)12-22-20-11-21(20)23-13-19-9-16(3)6-17(4)10-19/h5-10,12-13,20-21H,11H2,1-4H3/t20-,21-/m0/s1. The van der Waals surface area contributed by atoms with Gasteiger partial charge >= 0.3 is 0 Å². The number of nitrogens with zero attached hydrogens (tertiary/aromatic N) is 2. The van der Waals surface area contributed by atoms with E-state index in [1.807, 2.05) is 12.4 Å². The molecule has 0 heterocycles. The summed E-state index contributed by atoms with van der Waals surface area (Å²) in [6.45, 7) is 8.49. The van der Waals surface area contributed by atoms with Crippen molar-refractivity contribution in [2.45, 2.75) is 46.2 Å². The Hall–Kier alpha value is -2.22. The SMILES string of the molecule is Cc1cc(C)cc(C=N[C@H]2C[C@@H]2N=Cc2cc(C)cc(C)c2)c1. The Morgan fingerprint density at radius 2 is 1.00 bits per heavy atom. The maximum absolute atomic E-state index is 4.68. The fourth-order valence-electron chi connectivity index (χ4n) is 3.02. The van der Waals surface area contributed by atoms with Crippen LogP contribution in [0.5, 0.6) is 0 Å². The highest BCUT2D eigenvalue weighted by atomic mass is 15.0. The lowest BCUT2D eigenvalue weighted by Gasteiger charge is -2.00. The molecule has 1 aliphatic carbocycles. The predicted molar refractivity (Wildman–Crippen MR) is 99.2 cm³/mol. The average molecular weight is 304 g/mol. The molecule has 2 nitrogen and oxygen atoms in total. The topological polar surface area (TPSA) is 24.7 Å². The lowest BCUT2D eigenvalue weighted by atomic mass is 10.1. The van der Waals surface area contributed by atoms with Crippen LogP contribution < -0.4 is 0 Å². The molecule has 1 fully saturated rings. The number of aryl methyl sites for hydroxylation is 4. The maximum atomic E-state index is 4.68. The normalized spacial score (nSPS) is 20.5. The molecule has 0 N–H and O–H groups in total. The Morgan fingerprint density at radius 1 is 0.652 bits per heavy atom. The van der Waals surface area contributed by atoms with Crippen molar-refractivity contribution in [1.29, 1.82) is 0 Å². The molecule has 23 heavy (non-hydrogen) atoms. The Balaban J connectivity index is 1.61. The Kier molecular flexibility index (Phi) is 4.42. The van der Waals surface area contributed by atoms with Crippen LogP contribution in [0.15, 0.2) is 46.4 Å². The van der Waals surface area contributed by atoms with Crippen LogP contribution in [0.4, 0.5) is 0 Å². The molecule has 0 saturated heterocycles. The molecule has 2 heteroatoms. The first-order valence-electron chi connectivity index (χ1n) is 8.22. The molecule has 0 radical (unpaired) electrons. The fraction of sp³-hybridized carbons (Fsp3) is 0.333. The molecule has 0 aliphatic heterocycles. The summed E-state index contributed by atoms with van der Waals surface area (Å²) in [6.07, 6.45) is 5.05.